The first kappa shape index (κ1) is 13.6. The Kier molecular flexibility index (Phi) is 4.91. The van der Waals surface area contributed by atoms with E-state index in [9.17, 15) is 0 Å². The van der Waals surface area contributed by atoms with Crippen molar-refractivity contribution in [3.8, 4) is 0 Å². The summed E-state index contributed by atoms with van der Waals surface area (Å²) in [6.45, 7) is 13.6. The van der Waals surface area contributed by atoms with Crippen molar-refractivity contribution in [1.29, 1.82) is 0 Å². The SMILES string of the molecule is CC(C)Sc1cc(C(C)C)ccc1C(C)C. The number of rotatable bonds is 4. The molecule has 0 N–H and O–H groups in total. The predicted octanol–water partition coefficient (Wildman–Crippen LogP) is 5.43. The van der Waals surface area contributed by atoms with Gasteiger partial charge in [-0.2, -0.15) is 0 Å². The molecule has 0 atom stereocenters. The van der Waals surface area contributed by atoms with E-state index in [4.69, 9.17) is 0 Å². The Morgan fingerprint density at radius 1 is 0.875 bits per heavy atom. The smallest absolute Gasteiger partial charge is 0.0112 e. The molecular weight excluding hydrogens is 212 g/mol. The van der Waals surface area contributed by atoms with Gasteiger partial charge in [-0.15, -0.1) is 11.8 Å². The van der Waals surface area contributed by atoms with Gasteiger partial charge >= 0.3 is 0 Å². The van der Waals surface area contributed by atoms with E-state index >= 15 is 0 Å². The van der Waals surface area contributed by atoms with Crippen LogP contribution in [0.25, 0.3) is 0 Å². The second-order valence-electron chi connectivity index (χ2n) is 5.27. The summed E-state index contributed by atoms with van der Waals surface area (Å²) in [4.78, 5) is 1.47. The summed E-state index contributed by atoms with van der Waals surface area (Å²) < 4.78 is 0. The molecule has 0 nitrogen and oxygen atoms in total. The minimum absolute atomic E-state index is 0.613. The van der Waals surface area contributed by atoms with Crippen LogP contribution in [-0.2, 0) is 0 Å². The highest BCUT2D eigenvalue weighted by Crippen LogP contribution is 2.33. The molecule has 90 valence electrons. The fourth-order valence-corrected chi connectivity index (χ4v) is 2.89. The summed E-state index contributed by atoms with van der Waals surface area (Å²) in [6, 6.07) is 6.97. The fraction of sp³-hybridized carbons (Fsp3) is 0.600. The summed E-state index contributed by atoms with van der Waals surface area (Å²) in [6.07, 6.45) is 0. The summed E-state index contributed by atoms with van der Waals surface area (Å²) in [7, 11) is 0. The largest absolute Gasteiger partial charge is 0.123 e. The van der Waals surface area contributed by atoms with Gasteiger partial charge in [0.2, 0.25) is 0 Å². The highest BCUT2D eigenvalue weighted by molar-refractivity contribution is 8.00. The zero-order chi connectivity index (χ0) is 12.3. The molecule has 0 fully saturated rings. The molecule has 1 rings (SSSR count). The van der Waals surface area contributed by atoms with Crippen molar-refractivity contribution in [2.75, 3.05) is 0 Å². The highest BCUT2D eigenvalue weighted by atomic mass is 32.2. The average Bonchev–Trinajstić information content (AvgIpc) is 2.15. The van der Waals surface area contributed by atoms with Gasteiger partial charge in [-0.3, -0.25) is 0 Å². The molecule has 0 bridgehead atoms. The molecule has 0 spiro atoms. The first-order valence-corrected chi connectivity index (χ1v) is 7.10. The Hall–Kier alpha value is -0.430. The molecule has 0 aromatic heterocycles. The Balaban J connectivity index is 3.10. The number of thioether (sulfide) groups is 1. The zero-order valence-electron chi connectivity index (χ0n) is 11.4. The fourth-order valence-electron chi connectivity index (χ4n) is 1.74. The van der Waals surface area contributed by atoms with Crippen LogP contribution in [0.1, 0.15) is 64.5 Å². The summed E-state index contributed by atoms with van der Waals surface area (Å²) in [5, 5.41) is 0.653. The van der Waals surface area contributed by atoms with Gasteiger partial charge in [-0.1, -0.05) is 53.7 Å². The molecule has 0 unspecified atom stereocenters. The van der Waals surface area contributed by atoms with Gasteiger partial charge in [-0.25, -0.2) is 0 Å². The van der Waals surface area contributed by atoms with Crippen LogP contribution in [0.15, 0.2) is 23.1 Å². The van der Waals surface area contributed by atoms with Gasteiger partial charge in [-0.05, 0) is 29.0 Å². The zero-order valence-corrected chi connectivity index (χ0v) is 12.2. The van der Waals surface area contributed by atoms with Gasteiger partial charge in [0.05, 0.1) is 0 Å². The second-order valence-corrected chi connectivity index (χ2v) is 6.89. The van der Waals surface area contributed by atoms with Crippen molar-refractivity contribution >= 4 is 11.8 Å². The molecular formula is C15H24S. The van der Waals surface area contributed by atoms with E-state index in [1.165, 1.54) is 16.0 Å². The molecule has 0 saturated carbocycles. The predicted molar refractivity (Wildman–Crippen MR) is 75.6 cm³/mol. The van der Waals surface area contributed by atoms with Crippen molar-refractivity contribution in [3.05, 3.63) is 29.3 Å². The molecule has 0 aliphatic rings. The standard InChI is InChI=1S/C15H24S/c1-10(2)13-7-8-14(11(3)4)15(9-13)16-12(5)6/h7-12H,1-6H3. The molecule has 0 aliphatic carbocycles. The number of benzene rings is 1. The third-order valence-electron chi connectivity index (χ3n) is 2.69. The molecule has 1 aromatic rings. The monoisotopic (exact) mass is 236 g/mol. The van der Waals surface area contributed by atoms with Crippen LogP contribution in [0, 0.1) is 0 Å². The maximum absolute atomic E-state index is 2.38. The van der Waals surface area contributed by atoms with Gasteiger partial charge in [0.25, 0.3) is 0 Å². The minimum Gasteiger partial charge on any atom is -0.123 e. The van der Waals surface area contributed by atoms with Crippen molar-refractivity contribution in [2.24, 2.45) is 0 Å². The number of hydrogen-bond donors (Lipinski definition) is 0. The minimum atomic E-state index is 0.613. The van der Waals surface area contributed by atoms with E-state index in [-0.39, 0.29) is 0 Å². The summed E-state index contributed by atoms with van der Waals surface area (Å²) in [5.74, 6) is 1.23. The average molecular weight is 236 g/mol. The van der Waals surface area contributed by atoms with Crippen molar-refractivity contribution < 1.29 is 0 Å². The van der Waals surface area contributed by atoms with Crippen LogP contribution < -0.4 is 0 Å². The molecule has 0 saturated heterocycles. The third kappa shape index (κ3) is 3.55. The lowest BCUT2D eigenvalue weighted by atomic mass is 9.97. The van der Waals surface area contributed by atoms with E-state index in [0.717, 1.165) is 0 Å². The number of hydrogen-bond acceptors (Lipinski definition) is 1. The Bertz CT molecular complexity index is 337. The van der Waals surface area contributed by atoms with E-state index in [1.807, 2.05) is 11.8 Å². The molecule has 16 heavy (non-hydrogen) atoms. The van der Waals surface area contributed by atoms with Gasteiger partial charge in [0.1, 0.15) is 0 Å². The first-order valence-electron chi connectivity index (χ1n) is 6.22. The molecule has 0 radical (unpaired) electrons. The van der Waals surface area contributed by atoms with E-state index in [0.29, 0.717) is 17.1 Å². The second kappa shape index (κ2) is 5.77. The topological polar surface area (TPSA) is 0 Å². The lowest BCUT2D eigenvalue weighted by Gasteiger charge is -2.17. The van der Waals surface area contributed by atoms with Crippen LogP contribution in [0.3, 0.4) is 0 Å². The van der Waals surface area contributed by atoms with E-state index in [1.54, 1.807) is 0 Å². The van der Waals surface area contributed by atoms with Crippen molar-refractivity contribution in [2.45, 2.75) is 63.5 Å². The summed E-state index contributed by atoms with van der Waals surface area (Å²) in [5.41, 5.74) is 2.94. The normalized spacial score (nSPS) is 11.8. The van der Waals surface area contributed by atoms with Crippen LogP contribution in [0.2, 0.25) is 0 Å². The van der Waals surface area contributed by atoms with Crippen LogP contribution in [0.4, 0.5) is 0 Å². The summed E-state index contributed by atoms with van der Waals surface area (Å²) >= 11 is 1.98. The Morgan fingerprint density at radius 3 is 1.94 bits per heavy atom. The van der Waals surface area contributed by atoms with Crippen LogP contribution >= 0.6 is 11.8 Å². The Morgan fingerprint density at radius 2 is 1.50 bits per heavy atom. The molecule has 1 aromatic carbocycles. The lowest BCUT2D eigenvalue weighted by Crippen LogP contribution is -1.97. The van der Waals surface area contributed by atoms with Crippen molar-refractivity contribution in [3.63, 3.8) is 0 Å². The maximum Gasteiger partial charge on any atom is 0.0112 e. The van der Waals surface area contributed by atoms with Gasteiger partial charge in [0, 0.05) is 10.1 Å². The van der Waals surface area contributed by atoms with E-state index in [2.05, 4.69) is 59.7 Å². The van der Waals surface area contributed by atoms with Crippen LogP contribution in [0.5, 0.6) is 0 Å². The highest BCUT2D eigenvalue weighted by Gasteiger charge is 2.11. The van der Waals surface area contributed by atoms with Gasteiger partial charge in [0.15, 0.2) is 0 Å². The van der Waals surface area contributed by atoms with Crippen LogP contribution in [-0.4, -0.2) is 5.25 Å². The molecule has 1 heteroatoms. The van der Waals surface area contributed by atoms with E-state index < -0.39 is 0 Å². The molecule has 0 heterocycles. The van der Waals surface area contributed by atoms with Gasteiger partial charge < -0.3 is 0 Å². The lowest BCUT2D eigenvalue weighted by molar-refractivity contribution is 0.821. The first-order chi connectivity index (χ1) is 7.41. The quantitative estimate of drug-likeness (QED) is 0.628. The third-order valence-corrected chi connectivity index (χ3v) is 3.77. The van der Waals surface area contributed by atoms with Crippen molar-refractivity contribution in [1.82, 2.24) is 0 Å². The molecule has 0 amide bonds. The Labute approximate surface area is 105 Å². The maximum atomic E-state index is 2.38. The molecule has 0 aliphatic heterocycles.